The molecule has 1 heterocycles. The summed E-state index contributed by atoms with van der Waals surface area (Å²) in [6, 6.07) is 0. The minimum Gasteiger partial charge on any atom is -1.00 e. The predicted molar refractivity (Wildman–Crippen MR) is 219 cm³/mol. The highest BCUT2D eigenvalue weighted by molar-refractivity contribution is 5.77. The van der Waals surface area contributed by atoms with E-state index in [1.807, 2.05) is 0 Å². The maximum Gasteiger partial charge on any atom is 0.226 e. The van der Waals surface area contributed by atoms with Crippen molar-refractivity contribution in [3.05, 3.63) is 0 Å². The minimum atomic E-state index is 0. The van der Waals surface area contributed by atoms with Gasteiger partial charge >= 0.3 is 0 Å². The third-order valence-corrected chi connectivity index (χ3v) is 11.8. The van der Waals surface area contributed by atoms with Crippen LogP contribution in [-0.4, -0.2) is 48.6 Å². The van der Waals surface area contributed by atoms with E-state index in [-0.39, 0.29) is 12.4 Å². The van der Waals surface area contributed by atoms with Crippen molar-refractivity contribution >= 4 is 5.91 Å². The number of hydrogen-bond donors (Lipinski definition) is 0. The first kappa shape index (κ1) is 49.7. The fourth-order valence-corrected chi connectivity index (χ4v) is 8.31. The van der Waals surface area contributed by atoms with Crippen molar-refractivity contribution in [1.82, 2.24) is 4.90 Å². The van der Waals surface area contributed by atoms with Crippen LogP contribution in [-0.2, 0) is 4.79 Å². The van der Waals surface area contributed by atoms with Gasteiger partial charge in [-0.05, 0) is 32.1 Å². The Labute approximate surface area is 322 Å². The Kier molecular flexibility index (Phi) is 38.2. The summed E-state index contributed by atoms with van der Waals surface area (Å²) in [5, 5.41) is 0. The first-order valence-corrected chi connectivity index (χ1v) is 23.2. The number of carbonyl (C=O) groups is 1. The zero-order valence-corrected chi connectivity index (χ0v) is 35.6. The molecule has 0 aliphatic carbocycles. The Morgan fingerprint density at radius 2 is 0.660 bits per heavy atom. The first-order chi connectivity index (χ1) is 24.1. The molecule has 0 unspecified atom stereocenters. The lowest BCUT2D eigenvalue weighted by atomic mass is 10.0. The average Bonchev–Trinajstić information content (AvgIpc) is 3.50. The van der Waals surface area contributed by atoms with Crippen molar-refractivity contribution in [3.8, 4) is 0 Å². The van der Waals surface area contributed by atoms with E-state index >= 15 is 0 Å². The van der Waals surface area contributed by atoms with Gasteiger partial charge in [0.1, 0.15) is 0 Å². The molecule has 1 fully saturated rings. The van der Waals surface area contributed by atoms with Gasteiger partial charge in [0.2, 0.25) is 5.91 Å². The third kappa shape index (κ3) is 32.4. The summed E-state index contributed by atoms with van der Waals surface area (Å²) in [6.07, 6.45) is 53.5. The molecular weight excluding hydrogens is 632 g/mol. The molecule has 4 heteroatoms. The van der Waals surface area contributed by atoms with Gasteiger partial charge in [-0.1, -0.05) is 219 Å². The van der Waals surface area contributed by atoms with Crippen molar-refractivity contribution in [2.24, 2.45) is 0 Å². The van der Waals surface area contributed by atoms with Crippen LogP contribution in [0, 0.1) is 0 Å². The van der Waals surface area contributed by atoms with E-state index in [1.165, 1.54) is 244 Å². The van der Waals surface area contributed by atoms with Gasteiger partial charge in [0.25, 0.3) is 0 Å². The summed E-state index contributed by atoms with van der Waals surface area (Å²) < 4.78 is 1.09. The monoisotopic (exact) mass is 725 g/mol. The average molecular weight is 726 g/mol. The molecule has 1 rings (SSSR count). The Balaban J connectivity index is 0.0000240. The summed E-state index contributed by atoms with van der Waals surface area (Å²) in [7, 11) is 2.45. The van der Waals surface area contributed by atoms with Gasteiger partial charge in [-0.25, -0.2) is 0 Å². The highest BCUT2D eigenvalue weighted by Gasteiger charge is 2.29. The van der Waals surface area contributed by atoms with E-state index in [4.69, 9.17) is 0 Å². The first-order valence-electron chi connectivity index (χ1n) is 23.2. The largest absolute Gasteiger partial charge is 1.00 e. The topological polar surface area (TPSA) is 20.3 Å². The summed E-state index contributed by atoms with van der Waals surface area (Å²) in [4.78, 5) is 14.6. The molecule has 0 atom stereocenters. The van der Waals surface area contributed by atoms with E-state index in [2.05, 4.69) is 25.8 Å². The van der Waals surface area contributed by atoms with Crippen LogP contribution in [0.15, 0.2) is 0 Å². The zero-order valence-electron chi connectivity index (χ0n) is 34.9. The maximum atomic E-state index is 12.5. The molecular formula is C46H93ClN2O. The van der Waals surface area contributed by atoms with Crippen molar-refractivity contribution in [2.75, 3.05) is 33.4 Å². The quantitative estimate of drug-likeness (QED) is 0.0455. The third-order valence-electron chi connectivity index (χ3n) is 11.8. The lowest BCUT2D eigenvalue weighted by Crippen LogP contribution is -3.00. The van der Waals surface area contributed by atoms with Crippen molar-refractivity contribution in [1.29, 1.82) is 0 Å². The molecule has 0 aromatic heterocycles. The van der Waals surface area contributed by atoms with E-state index in [1.54, 1.807) is 0 Å². The van der Waals surface area contributed by atoms with Crippen LogP contribution in [0.3, 0.4) is 0 Å². The zero-order chi connectivity index (χ0) is 35.4. The smallest absolute Gasteiger partial charge is 0.226 e. The molecule has 0 aromatic rings. The number of quaternary nitrogens is 1. The van der Waals surface area contributed by atoms with Gasteiger partial charge in [0, 0.05) is 13.0 Å². The van der Waals surface area contributed by atoms with Crippen LogP contribution in [0.4, 0.5) is 0 Å². The molecule has 1 saturated heterocycles. The molecule has 50 heavy (non-hydrogen) atoms. The molecule has 0 spiro atoms. The fourth-order valence-electron chi connectivity index (χ4n) is 8.31. The molecule has 0 bridgehead atoms. The minimum absolute atomic E-state index is 0. The van der Waals surface area contributed by atoms with Crippen LogP contribution in [0.2, 0.25) is 0 Å². The van der Waals surface area contributed by atoms with E-state index in [0.717, 1.165) is 30.5 Å². The lowest BCUT2D eigenvalue weighted by Gasteiger charge is -2.38. The van der Waals surface area contributed by atoms with Crippen molar-refractivity contribution in [2.45, 2.75) is 258 Å². The number of unbranched alkanes of at least 4 members (excludes halogenated alkanes) is 34. The van der Waals surface area contributed by atoms with E-state index in [9.17, 15) is 4.79 Å². The molecule has 0 radical (unpaired) electrons. The lowest BCUT2D eigenvalue weighted by molar-refractivity contribution is -0.918. The molecule has 300 valence electrons. The number of likely N-dealkylation sites (tertiary alicyclic amines) is 1. The Hall–Kier alpha value is -0.280. The summed E-state index contributed by atoms with van der Waals surface area (Å²) in [5.41, 5.74) is 0. The Bertz CT molecular complexity index is 645. The van der Waals surface area contributed by atoms with Crippen LogP contribution in [0.5, 0.6) is 0 Å². The molecule has 1 amide bonds. The predicted octanol–water partition coefficient (Wildman–Crippen LogP) is 12.1. The molecule has 0 N–H and O–H groups in total. The summed E-state index contributed by atoms with van der Waals surface area (Å²) >= 11 is 0. The second-order valence-electron chi connectivity index (χ2n) is 17.0. The van der Waals surface area contributed by atoms with Gasteiger partial charge < -0.3 is 16.9 Å². The number of hydrogen-bond acceptors (Lipinski definition) is 1. The molecule has 0 saturated carbocycles. The van der Waals surface area contributed by atoms with Gasteiger partial charge in [-0.3, -0.25) is 9.69 Å². The number of halogens is 1. The van der Waals surface area contributed by atoms with Gasteiger partial charge in [-0.15, -0.1) is 0 Å². The molecule has 0 aromatic carbocycles. The standard InChI is InChI=1S/C46H93N2O.ClH/c1-4-6-8-10-12-14-16-18-20-22-24-26-28-30-32-34-36-38-43-48(3,45-47-42-40-41-46(47)49)44-39-37-35-33-31-29-27-25-23-21-19-17-15-13-11-9-7-5-2;/h4-45H2,1-3H3;1H/q+1;/p-1. The van der Waals surface area contributed by atoms with Crippen molar-refractivity contribution < 1.29 is 21.7 Å². The van der Waals surface area contributed by atoms with E-state index in [0.29, 0.717) is 5.91 Å². The van der Waals surface area contributed by atoms with E-state index < -0.39 is 0 Å². The molecule has 3 nitrogen and oxygen atoms in total. The van der Waals surface area contributed by atoms with Gasteiger partial charge in [0.05, 0.1) is 20.1 Å². The number of rotatable bonds is 40. The Morgan fingerprint density at radius 1 is 0.420 bits per heavy atom. The summed E-state index contributed by atoms with van der Waals surface area (Å²) in [6.45, 7) is 9.06. The molecule has 1 aliphatic rings. The fraction of sp³-hybridized carbons (Fsp3) is 0.978. The SMILES string of the molecule is CCCCCCCCCCCCCCCCCCCC[N+](C)(CCCCCCCCCCCCCCCCCCCC)CN1CCCC1=O.[Cl-]. The van der Waals surface area contributed by atoms with Crippen LogP contribution < -0.4 is 12.4 Å². The second kappa shape index (κ2) is 38.4. The van der Waals surface area contributed by atoms with Gasteiger partial charge in [0.15, 0.2) is 6.67 Å². The highest BCUT2D eigenvalue weighted by atomic mass is 35.5. The number of carbonyl (C=O) groups excluding carboxylic acids is 1. The number of amides is 1. The van der Waals surface area contributed by atoms with Crippen LogP contribution in [0.25, 0.3) is 0 Å². The maximum absolute atomic E-state index is 12.5. The normalized spacial score (nSPS) is 13.4. The van der Waals surface area contributed by atoms with Crippen LogP contribution in [0.1, 0.15) is 258 Å². The second-order valence-corrected chi connectivity index (χ2v) is 17.0. The summed E-state index contributed by atoms with van der Waals surface area (Å²) in [5.74, 6) is 0.403. The van der Waals surface area contributed by atoms with Crippen molar-refractivity contribution in [3.63, 3.8) is 0 Å². The Morgan fingerprint density at radius 3 is 0.880 bits per heavy atom. The highest BCUT2D eigenvalue weighted by Crippen LogP contribution is 2.20. The molecule has 1 aliphatic heterocycles. The van der Waals surface area contributed by atoms with Crippen LogP contribution >= 0.6 is 0 Å². The van der Waals surface area contributed by atoms with Gasteiger partial charge in [-0.2, -0.15) is 0 Å². The number of nitrogens with zero attached hydrogens (tertiary/aromatic N) is 2.